The summed E-state index contributed by atoms with van der Waals surface area (Å²) >= 11 is 0. The zero-order valence-corrected chi connectivity index (χ0v) is 20.2. The van der Waals surface area contributed by atoms with E-state index in [4.69, 9.17) is 23.7 Å². The number of aromatic nitrogens is 3. The molecule has 0 spiro atoms. The lowest BCUT2D eigenvalue weighted by Gasteiger charge is -2.40. The Morgan fingerprint density at radius 3 is 2.35 bits per heavy atom. The van der Waals surface area contributed by atoms with Gasteiger partial charge in [-0.05, 0) is 12.5 Å². The number of methoxy groups -OCH3 is 1. The van der Waals surface area contributed by atoms with Crippen molar-refractivity contribution < 1.29 is 42.9 Å². The Balaban J connectivity index is 2.50. The molecule has 2 rings (SSSR count). The van der Waals surface area contributed by atoms with Gasteiger partial charge in [0.2, 0.25) is 5.76 Å². The third kappa shape index (κ3) is 7.03. The van der Waals surface area contributed by atoms with Crippen molar-refractivity contribution in [3.8, 4) is 0 Å². The number of rotatable bonds is 10. The number of esters is 4. The molecular formula is C22H31N3O9. The second-order valence-electron chi connectivity index (χ2n) is 7.92. The summed E-state index contributed by atoms with van der Waals surface area (Å²) in [6.07, 6.45) is 1.51. The minimum absolute atomic E-state index is 0.130. The third-order valence-electron chi connectivity index (χ3n) is 5.16. The summed E-state index contributed by atoms with van der Waals surface area (Å²) in [7, 11) is 1.20. The Morgan fingerprint density at radius 1 is 1.12 bits per heavy atom. The van der Waals surface area contributed by atoms with Gasteiger partial charge in [-0.2, -0.15) is 0 Å². The average molecular weight is 482 g/mol. The third-order valence-corrected chi connectivity index (χ3v) is 5.16. The zero-order chi connectivity index (χ0) is 25.4. The Hall–Kier alpha value is -3.44. The van der Waals surface area contributed by atoms with Crippen LogP contribution in [0.2, 0.25) is 0 Å². The average Bonchev–Trinajstić information content (AvgIpc) is 3.23. The minimum Gasteiger partial charge on any atom is -0.479 e. The molecule has 0 unspecified atom stereocenters. The van der Waals surface area contributed by atoms with Crippen molar-refractivity contribution in [3.63, 3.8) is 0 Å². The first-order chi connectivity index (χ1) is 16.1. The van der Waals surface area contributed by atoms with Crippen molar-refractivity contribution in [3.05, 3.63) is 23.7 Å². The zero-order valence-electron chi connectivity index (χ0n) is 20.2. The van der Waals surface area contributed by atoms with Gasteiger partial charge in [0.25, 0.3) is 0 Å². The van der Waals surface area contributed by atoms with E-state index in [0.717, 1.165) is 18.5 Å². The van der Waals surface area contributed by atoms with Gasteiger partial charge in [0.15, 0.2) is 12.2 Å². The number of hydrogen-bond donors (Lipinski definition) is 0. The Labute approximate surface area is 197 Å². The van der Waals surface area contributed by atoms with Gasteiger partial charge in [0.05, 0.1) is 18.8 Å². The molecule has 1 aromatic rings. The first kappa shape index (κ1) is 26.8. The van der Waals surface area contributed by atoms with Crippen molar-refractivity contribution in [1.29, 1.82) is 0 Å². The summed E-state index contributed by atoms with van der Waals surface area (Å²) in [5.41, 5.74) is 0.773. The Bertz CT molecular complexity index is 926. The molecule has 5 atom stereocenters. The van der Waals surface area contributed by atoms with E-state index >= 15 is 0 Å². The molecule has 0 radical (unpaired) electrons. The number of nitrogens with zero attached hydrogens (tertiary/aromatic N) is 3. The Kier molecular flexibility index (Phi) is 9.58. The molecule has 0 saturated carbocycles. The molecule has 1 aliphatic heterocycles. The van der Waals surface area contributed by atoms with Crippen LogP contribution in [-0.2, 0) is 49.3 Å². The van der Waals surface area contributed by atoms with Gasteiger partial charge >= 0.3 is 23.9 Å². The maximum Gasteiger partial charge on any atom is 0.373 e. The summed E-state index contributed by atoms with van der Waals surface area (Å²) in [6.45, 7) is 6.98. The van der Waals surface area contributed by atoms with Crippen molar-refractivity contribution in [2.75, 3.05) is 13.7 Å². The first-order valence-corrected chi connectivity index (χ1v) is 10.9. The molecule has 0 saturated heterocycles. The fraction of sp³-hybridized carbons (Fsp3) is 0.636. The quantitative estimate of drug-likeness (QED) is 0.352. The van der Waals surface area contributed by atoms with Crippen LogP contribution in [0.4, 0.5) is 0 Å². The molecule has 12 heteroatoms. The van der Waals surface area contributed by atoms with Crippen molar-refractivity contribution in [2.45, 2.75) is 71.8 Å². The van der Waals surface area contributed by atoms with E-state index in [1.165, 1.54) is 27.9 Å². The van der Waals surface area contributed by atoms with Gasteiger partial charge in [-0.25, -0.2) is 9.48 Å². The summed E-state index contributed by atoms with van der Waals surface area (Å²) in [5, 5.41) is 8.35. The molecule has 0 N–H and O–H groups in total. The fourth-order valence-corrected chi connectivity index (χ4v) is 3.68. The molecule has 0 aromatic carbocycles. The van der Waals surface area contributed by atoms with Crippen LogP contribution in [0.25, 0.3) is 0 Å². The summed E-state index contributed by atoms with van der Waals surface area (Å²) < 4.78 is 28.2. The maximum absolute atomic E-state index is 12.4. The second-order valence-corrected chi connectivity index (χ2v) is 7.92. The van der Waals surface area contributed by atoms with Gasteiger partial charge in [0, 0.05) is 32.9 Å². The lowest BCUT2D eigenvalue weighted by Crippen LogP contribution is -2.52. The predicted molar refractivity (Wildman–Crippen MR) is 115 cm³/mol. The van der Waals surface area contributed by atoms with Crippen LogP contribution < -0.4 is 0 Å². The predicted octanol–water partition coefficient (Wildman–Crippen LogP) is 1.29. The van der Waals surface area contributed by atoms with Crippen LogP contribution in [0.1, 0.15) is 52.8 Å². The van der Waals surface area contributed by atoms with Gasteiger partial charge < -0.3 is 23.7 Å². The van der Waals surface area contributed by atoms with Gasteiger partial charge in [0.1, 0.15) is 12.7 Å². The highest BCUT2D eigenvalue weighted by atomic mass is 16.6. The molecule has 1 aromatic heterocycles. The van der Waals surface area contributed by atoms with E-state index < -0.39 is 54.1 Å². The molecule has 34 heavy (non-hydrogen) atoms. The van der Waals surface area contributed by atoms with E-state index in [2.05, 4.69) is 10.3 Å². The topological polar surface area (TPSA) is 145 Å². The van der Waals surface area contributed by atoms with Crippen LogP contribution in [-0.4, -0.2) is 70.9 Å². The molecular weight excluding hydrogens is 450 g/mol. The normalized spacial score (nSPS) is 21.4. The minimum atomic E-state index is -1.22. The number of ether oxygens (including phenoxy) is 5. The number of carbonyl (C=O) groups excluding carboxylic acids is 4. The molecule has 12 nitrogen and oxygen atoms in total. The lowest BCUT2D eigenvalue weighted by atomic mass is 9.87. The molecule has 0 amide bonds. The molecule has 0 fully saturated rings. The van der Waals surface area contributed by atoms with E-state index in [-0.39, 0.29) is 12.4 Å². The van der Waals surface area contributed by atoms with Crippen LogP contribution in [0.3, 0.4) is 0 Å². The summed E-state index contributed by atoms with van der Waals surface area (Å²) in [4.78, 5) is 47.5. The molecule has 188 valence electrons. The van der Waals surface area contributed by atoms with E-state index in [0.29, 0.717) is 0 Å². The van der Waals surface area contributed by atoms with Gasteiger partial charge in [-0.3, -0.25) is 14.4 Å². The fourth-order valence-electron chi connectivity index (χ4n) is 3.68. The van der Waals surface area contributed by atoms with E-state index in [9.17, 15) is 19.2 Å². The summed E-state index contributed by atoms with van der Waals surface area (Å²) in [5.74, 6) is -3.31. The van der Waals surface area contributed by atoms with Crippen LogP contribution in [0, 0.1) is 5.92 Å². The number of carbonyl (C=O) groups is 4. The van der Waals surface area contributed by atoms with Gasteiger partial charge in [-0.1, -0.05) is 25.5 Å². The standard InChI is InChI=1S/C22H31N3O9/c1-7-8-16-10-25(24-23-16)17-9-18(22(29)30-6)34-20(12(17)2)21(33-15(5)28)19(32-14(4)27)11-31-13(3)26/h9-10,12,17,19-21H,7-8,11H2,1-6H3/t12-,17+,19-,20-,21-/m1/s1. The lowest BCUT2D eigenvalue weighted by molar-refractivity contribution is -0.190. The van der Waals surface area contributed by atoms with Gasteiger partial charge in [-0.15, -0.1) is 5.10 Å². The van der Waals surface area contributed by atoms with Crippen LogP contribution in [0.5, 0.6) is 0 Å². The molecule has 0 bridgehead atoms. The Morgan fingerprint density at radius 2 is 1.79 bits per heavy atom. The number of allylic oxidation sites excluding steroid dienone is 1. The van der Waals surface area contributed by atoms with Crippen molar-refractivity contribution in [2.24, 2.45) is 5.92 Å². The van der Waals surface area contributed by atoms with E-state index in [1.54, 1.807) is 23.9 Å². The van der Waals surface area contributed by atoms with Crippen molar-refractivity contribution >= 4 is 23.9 Å². The smallest absolute Gasteiger partial charge is 0.373 e. The highest BCUT2D eigenvalue weighted by Gasteiger charge is 2.46. The molecule has 2 heterocycles. The number of hydrogen-bond acceptors (Lipinski definition) is 11. The monoisotopic (exact) mass is 481 g/mol. The SMILES string of the molecule is CCCc1cn([C@H]2C=C(C(=O)OC)O[C@@H]([C@H](OC(C)=O)[C@@H](COC(C)=O)OC(C)=O)[C@@H]2C)nn1. The second kappa shape index (κ2) is 12.1. The van der Waals surface area contributed by atoms with Crippen molar-refractivity contribution in [1.82, 2.24) is 15.0 Å². The first-order valence-electron chi connectivity index (χ1n) is 10.9. The number of aryl methyl sites for hydroxylation is 1. The molecule has 0 aliphatic carbocycles. The van der Waals surface area contributed by atoms with Crippen LogP contribution in [0.15, 0.2) is 18.0 Å². The van der Waals surface area contributed by atoms with Crippen LogP contribution >= 0.6 is 0 Å². The highest BCUT2D eigenvalue weighted by molar-refractivity contribution is 5.86. The summed E-state index contributed by atoms with van der Waals surface area (Å²) in [6, 6.07) is -0.532. The molecule has 1 aliphatic rings. The highest BCUT2D eigenvalue weighted by Crippen LogP contribution is 2.36. The van der Waals surface area contributed by atoms with E-state index in [1.807, 2.05) is 6.92 Å². The largest absolute Gasteiger partial charge is 0.479 e. The maximum atomic E-state index is 12.4.